The average Bonchev–Trinajstić information content (AvgIpc) is 3.10. The zero-order chi connectivity index (χ0) is 15.9. The maximum atomic E-state index is 12.8. The summed E-state index contributed by atoms with van der Waals surface area (Å²) >= 11 is 3.47. The van der Waals surface area contributed by atoms with E-state index in [-0.39, 0.29) is 5.91 Å². The van der Waals surface area contributed by atoms with Crippen LogP contribution in [0.4, 0.5) is 11.4 Å². The maximum absolute atomic E-state index is 12.8. The Morgan fingerprint density at radius 3 is 2.17 bits per heavy atom. The molecule has 0 N–H and O–H groups in total. The first-order chi connectivity index (χ1) is 11.3. The third-order valence-electron chi connectivity index (χ3n) is 3.38. The second kappa shape index (κ2) is 8.22. The van der Waals surface area contributed by atoms with Crippen LogP contribution in [0.25, 0.3) is 0 Å². The third-order valence-corrected chi connectivity index (χ3v) is 5.63. The predicted molar refractivity (Wildman–Crippen MR) is 102 cm³/mol. The summed E-state index contributed by atoms with van der Waals surface area (Å²) in [5.74, 6) is 1.94. The van der Waals surface area contributed by atoms with Gasteiger partial charge in [-0.3, -0.25) is 14.7 Å². The first-order valence-electron chi connectivity index (χ1n) is 7.58. The molecule has 3 rings (SSSR count). The van der Waals surface area contributed by atoms with Crippen LogP contribution in [0.3, 0.4) is 0 Å². The van der Waals surface area contributed by atoms with Crippen molar-refractivity contribution in [1.82, 2.24) is 0 Å². The topological polar surface area (TPSA) is 32.7 Å². The van der Waals surface area contributed by atoms with Gasteiger partial charge in [-0.25, -0.2) is 0 Å². The zero-order valence-corrected chi connectivity index (χ0v) is 14.4. The Morgan fingerprint density at radius 1 is 1.04 bits per heavy atom. The van der Waals surface area contributed by atoms with Crippen LogP contribution in [-0.2, 0) is 4.79 Å². The minimum atomic E-state index is 0.110. The van der Waals surface area contributed by atoms with Crippen LogP contribution < -0.4 is 4.90 Å². The number of amides is 1. The standard InChI is InChI=1S/C18H18N2OS2/c21-17(11-13-22-18-19-12-14-23-18)20(15-7-3-1-4-8-15)16-9-5-2-6-10-16/h1-10H,11-14H2. The second-order valence-corrected chi connectivity index (χ2v) is 7.42. The number of carbonyl (C=O) groups excluding carboxylic acids is 1. The fraction of sp³-hybridized carbons (Fsp3) is 0.222. The zero-order valence-electron chi connectivity index (χ0n) is 12.7. The average molecular weight is 342 g/mol. The van der Waals surface area contributed by atoms with Gasteiger partial charge in [0.15, 0.2) is 0 Å². The molecule has 1 aliphatic heterocycles. The Kier molecular flexibility index (Phi) is 5.77. The molecular formula is C18H18N2OS2. The van der Waals surface area contributed by atoms with E-state index < -0.39 is 0 Å². The number of nitrogens with zero attached hydrogens (tertiary/aromatic N) is 2. The number of thioether (sulfide) groups is 2. The largest absolute Gasteiger partial charge is 0.281 e. The van der Waals surface area contributed by atoms with Gasteiger partial charge in [-0.1, -0.05) is 59.9 Å². The Hall–Kier alpha value is -1.72. The molecule has 0 fully saturated rings. The SMILES string of the molecule is O=C(CCSC1=NCCS1)N(c1ccccc1)c1ccccc1. The summed E-state index contributed by atoms with van der Waals surface area (Å²) < 4.78 is 1.11. The van der Waals surface area contributed by atoms with Crippen LogP contribution in [0.2, 0.25) is 0 Å². The summed E-state index contributed by atoms with van der Waals surface area (Å²) in [4.78, 5) is 19.0. The van der Waals surface area contributed by atoms with Crippen LogP contribution in [-0.4, -0.2) is 28.3 Å². The van der Waals surface area contributed by atoms with Crippen molar-refractivity contribution in [2.75, 3.05) is 23.0 Å². The van der Waals surface area contributed by atoms with E-state index >= 15 is 0 Å². The van der Waals surface area contributed by atoms with Crippen molar-refractivity contribution in [1.29, 1.82) is 0 Å². The third kappa shape index (κ3) is 4.39. The molecule has 2 aromatic carbocycles. The van der Waals surface area contributed by atoms with Crippen LogP contribution in [0.1, 0.15) is 6.42 Å². The molecule has 2 aromatic rings. The van der Waals surface area contributed by atoms with Gasteiger partial charge < -0.3 is 0 Å². The number of aliphatic imine (C=N–C) groups is 1. The summed E-state index contributed by atoms with van der Waals surface area (Å²) in [6.45, 7) is 0.904. The number of hydrogen-bond donors (Lipinski definition) is 0. The van der Waals surface area contributed by atoms with Gasteiger partial charge in [0.25, 0.3) is 0 Å². The van der Waals surface area contributed by atoms with Crippen molar-refractivity contribution in [3.8, 4) is 0 Å². The predicted octanol–water partition coefficient (Wildman–Crippen LogP) is 4.58. The monoisotopic (exact) mass is 342 g/mol. The molecule has 5 heteroatoms. The molecule has 3 nitrogen and oxygen atoms in total. The molecule has 0 unspecified atom stereocenters. The molecule has 0 bridgehead atoms. The quantitative estimate of drug-likeness (QED) is 0.797. The smallest absolute Gasteiger partial charge is 0.232 e. The highest BCUT2D eigenvalue weighted by atomic mass is 32.2. The Balaban J connectivity index is 1.71. The lowest BCUT2D eigenvalue weighted by Gasteiger charge is -2.23. The Bertz CT molecular complexity index is 634. The van der Waals surface area contributed by atoms with Gasteiger partial charge in [-0.05, 0) is 24.3 Å². The second-order valence-electron chi connectivity index (χ2n) is 4.99. The fourth-order valence-corrected chi connectivity index (χ4v) is 4.34. The van der Waals surface area contributed by atoms with Gasteiger partial charge >= 0.3 is 0 Å². The van der Waals surface area contributed by atoms with Crippen LogP contribution in [0.5, 0.6) is 0 Å². The molecule has 1 amide bonds. The summed E-state index contributed by atoms with van der Waals surface area (Å²) in [6, 6.07) is 19.6. The highest BCUT2D eigenvalue weighted by molar-refractivity contribution is 8.39. The van der Waals surface area contributed by atoms with Crippen molar-refractivity contribution >= 4 is 45.2 Å². The number of benzene rings is 2. The normalized spacial score (nSPS) is 13.7. The minimum Gasteiger partial charge on any atom is -0.281 e. The molecule has 0 radical (unpaired) electrons. The van der Waals surface area contributed by atoms with E-state index in [0.717, 1.165) is 33.8 Å². The lowest BCUT2D eigenvalue weighted by Crippen LogP contribution is -2.26. The lowest BCUT2D eigenvalue weighted by molar-refractivity contribution is -0.117. The van der Waals surface area contributed by atoms with Crippen LogP contribution >= 0.6 is 23.5 Å². The van der Waals surface area contributed by atoms with E-state index in [1.165, 1.54) is 0 Å². The molecule has 0 aliphatic carbocycles. The van der Waals surface area contributed by atoms with Crippen molar-refractivity contribution in [3.05, 3.63) is 60.7 Å². The van der Waals surface area contributed by atoms with Crippen molar-refractivity contribution in [2.24, 2.45) is 4.99 Å². The number of rotatable bonds is 5. The van der Waals surface area contributed by atoms with Crippen LogP contribution in [0.15, 0.2) is 65.7 Å². The van der Waals surface area contributed by atoms with E-state index in [0.29, 0.717) is 6.42 Å². The highest BCUT2D eigenvalue weighted by Crippen LogP contribution is 2.27. The Morgan fingerprint density at radius 2 is 1.65 bits per heavy atom. The number of para-hydroxylation sites is 2. The molecular weight excluding hydrogens is 324 g/mol. The molecule has 1 aliphatic rings. The van der Waals surface area contributed by atoms with Gasteiger partial charge in [0.2, 0.25) is 5.91 Å². The van der Waals surface area contributed by atoms with E-state index in [1.54, 1.807) is 28.4 Å². The van der Waals surface area contributed by atoms with Gasteiger partial charge in [0, 0.05) is 29.3 Å². The molecule has 118 valence electrons. The van der Waals surface area contributed by atoms with Gasteiger partial charge in [-0.2, -0.15) is 0 Å². The van der Waals surface area contributed by atoms with Gasteiger partial charge in [0.1, 0.15) is 4.38 Å². The van der Waals surface area contributed by atoms with Crippen molar-refractivity contribution < 1.29 is 4.79 Å². The number of hydrogen-bond acceptors (Lipinski definition) is 4. The van der Waals surface area contributed by atoms with Gasteiger partial charge in [0.05, 0.1) is 6.54 Å². The highest BCUT2D eigenvalue weighted by Gasteiger charge is 2.18. The summed E-state index contributed by atoms with van der Waals surface area (Å²) in [6.07, 6.45) is 0.494. The van der Waals surface area contributed by atoms with Crippen molar-refractivity contribution in [3.63, 3.8) is 0 Å². The van der Waals surface area contributed by atoms with E-state index in [4.69, 9.17) is 0 Å². The summed E-state index contributed by atoms with van der Waals surface area (Å²) in [5, 5.41) is 0. The van der Waals surface area contributed by atoms with E-state index in [2.05, 4.69) is 4.99 Å². The molecule has 23 heavy (non-hydrogen) atoms. The Labute approximate surface area is 145 Å². The molecule has 1 heterocycles. The molecule has 0 atom stereocenters. The first kappa shape index (κ1) is 16.1. The summed E-state index contributed by atoms with van der Waals surface area (Å²) in [7, 11) is 0. The van der Waals surface area contributed by atoms with E-state index in [9.17, 15) is 4.79 Å². The number of carbonyl (C=O) groups is 1. The molecule has 0 spiro atoms. The van der Waals surface area contributed by atoms with Crippen LogP contribution in [0, 0.1) is 0 Å². The minimum absolute atomic E-state index is 0.110. The molecule has 0 saturated heterocycles. The maximum Gasteiger partial charge on any atom is 0.232 e. The lowest BCUT2D eigenvalue weighted by atomic mass is 10.2. The van der Waals surface area contributed by atoms with Gasteiger partial charge in [-0.15, -0.1) is 0 Å². The number of anilines is 2. The van der Waals surface area contributed by atoms with E-state index in [1.807, 2.05) is 60.7 Å². The fourth-order valence-electron chi connectivity index (χ4n) is 2.33. The summed E-state index contributed by atoms with van der Waals surface area (Å²) in [5.41, 5.74) is 1.81. The molecule has 0 saturated carbocycles. The first-order valence-corrected chi connectivity index (χ1v) is 9.55. The van der Waals surface area contributed by atoms with Crippen molar-refractivity contribution in [2.45, 2.75) is 6.42 Å². The molecule has 0 aromatic heterocycles.